The third-order valence-electron chi connectivity index (χ3n) is 4.92. The Balaban J connectivity index is 1.69. The number of nitrogens with zero attached hydrogens (tertiary/aromatic N) is 1. The second-order valence-corrected chi connectivity index (χ2v) is 7.52. The molecule has 0 saturated heterocycles. The van der Waals surface area contributed by atoms with Crippen molar-refractivity contribution in [2.75, 3.05) is 17.7 Å². The zero-order valence-corrected chi connectivity index (χ0v) is 18.3. The lowest BCUT2D eigenvalue weighted by Crippen LogP contribution is -2.27. The van der Waals surface area contributed by atoms with Crippen LogP contribution in [0.15, 0.2) is 78.9 Å². The van der Waals surface area contributed by atoms with Gasteiger partial charge in [-0.2, -0.15) is 0 Å². The Morgan fingerprint density at radius 1 is 0.812 bits per heavy atom. The van der Waals surface area contributed by atoms with Gasteiger partial charge in [0.15, 0.2) is 0 Å². The molecule has 2 N–H and O–H groups in total. The number of carbonyl (C=O) groups is 3. The van der Waals surface area contributed by atoms with E-state index < -0.39 is 0 Å². The molecule has 3 aromatic rings. The summed E-state index contributed by atoms with van der Waals surface area (Å²) in [4.78, 5) is 39.1. The summed E-state index contributed by atoms with van der Waals surface area (Å²) in [7, 11) is 1.74. The van der Waals surface area contributed by atoms with E-state index in [1.54, 1.807) is 60.5 Å². The van der Waals surface area contributed by atoms with Crippen LogP contribution < -0.4 is 10.6 Å². The van der Waals surface area contributed by atoms with E-state index in [-0.39, 0.29) is 17.7 Å². The van der Waals surface area contributed by atoms with Crippen molar-refractivity contribution in [1.82, 2.24) is 4.90 Å². The molecular weight excluding hydrogens is 402 g/mol. The third kappa shape index (κ3) is 6.04. The van der Waals surface area contributed by atoms with Gasteiger partial charge in [0, 0.05) is 31.3 Å². The zero-order valence-electron chi connectivity index (χ0n) is 18.3. The summed E-state index contributed by atoms with van der Waals surface area (Å²) < 4.78 is 0. The minimum Gasteiger partial charge on any atom is -0.337 e. The minimum absolute atomic E-state index is 0.0586. The van der Waals surface area contributed by atoms with Gasteiger partial charge in [-0.15, -0.1) is 0 Å². The van der Waals surface area contributed by atoms with E-state index in [1.165, 1.54) is 0 Å². The number of rotatable bonds is 8. The highest BCUT2D eigenvalue weighted by molar-refractivity contribution is 6.09. The van der Waals surface area contributed by atoms with Crippen molar-refractivity contribution in [3.05, 3.63) is 95.6 Å². The summed E-state index contributed by atoms with van der Waals surface area (Å²) in [6.45, 7) is 2.40. The highest BCUT2D eigenvalue weighted by atomic mass is 16.2. The maximum Gasteiger partial charge on any atom is 0.256 e. The van der Waals surface area contributed by atoms with Crippen LogP contribution in [0.4, 0.5) is 11.4 Å². The van der Waals surface area contributed by atoms with E-state index >= 15 is 0 Å². The van der Waals surface area contributed by atoms with Crippen LogP contribution in [0.5, 0.6) is 0 Å². The average Bonchev–Trinajstić information content (AvgIpc) is 2.80. The molecule has 0 aliphatic rings. The van der Waals surface area contributed by atoms with Crippen LogP contribution in [0.3, 0.4) is 0 Å². The van der Waals surface area contributed by atoms with Gasteiger partial charge in [-0.3, -0.25) is 14.4 Å². The Morgan fingerprint density at radius 2 is 1.47 bits per heavy atom. The summed E-state index contributed by atoms with van der Waals surface area (Å²) in [5, 5.41) is 5.63. The molecule has 0 unspecified atom stereocenters. The van der Waals surface area contributed by atoms with Crippen LogP contribution in [0.1, 0.15) is 46.0 Å². The van der Waals surface area contributed by atoms with E-state index in [0.29, 0.717) is 35.5 Å². The van der Waals surface area contributed by atoms with Gasteiger partial charge in [-0.25, -0.2) is 0 Å². The van der Waals surface area contributed by atoms with Gasteiger partial charge in [0.1, 0.15) is 0 Å². The summed E-state index contributed by atoms with van der Waals surface area (Å²) in [6, 6.07) is 23.3. The molecule has 0 atom stereocenters. The fourth-order valence-electron chi connectivity index (χ4n) is 3.26. The molecule has 3 rings (SSSR count). The predicted molar refractivity (Wildman–Crippen MR) is 127 cm³/mol. The van der Waals surface area contributed by atoms with Crippen molar-refractivity contribution in [3.63, 3.8) is 0 Å². The summed E-state index contributed by atoms with van der Waals surface area (Å²) in [6.07, 6.45) is 1.22. The minimum atomic E-state index is -0.331. The molecule has 32 heavy (non-hydrogen) atoms. The topological polar surface area (TPSA) is 78.5 Å². The van der Waals surface area contributed by atoms with Crippen LogP contribution >= 0.6 is 0 Å². The van der Waals surface area contributed by atoms with Crippen molar-refractivity contribution < 1.29 is 14.4 Å². The molecule has 0 aliphatic heterocycles. The van der Waals surface area contributed by atoms with Gasteiger partial charge < -0.3 is 15.5 Å². The Bertz CT molecular complexity index is 1080. The molecule has 0 fully saturated rings. The maximum atomic E-state index is 13.0. The predicted octanol–water partition coefficient (Wildman–Crippen LogP) is 4.95. The van der Waals surface area contributed by atoms with E-state index in [1.807, 2.05) is 37.3 Å². The quantitative estimate of drug-likeness (QED) is 0.532. The van der Waals surface area contributed by atoms with Crippen LogP contribution in [0, 0.1) is 0 Å². The number of nitrogens with one attached hydrogen (secondary N) is 2. The fraction of sp³-hybridized carbons (Fsp3) is 0.192. The van der Waals surface area contributed by atoms with Crippen molar-refractivity contribution in [2.24, 2.45) is 0 Å². The lowest BCUT2D eigenvalue weighted by molar-refractivity contribution is -0.116. The number of hydrogen-bond donors (Lipinski definition) is 2. The summed E-state index contributed by atoms with van der Waals surface area (Å²) in [5.41, 5.74) is 2.96. The third-order valence-corrected chi connectivity index (χ3v) is 4.92. The van der Waals surface area contributed by atoms with E-state index in [2.05, 4.69) is 10.6 Å². The molecule has 0 saturated carbocycles. The lowest BCUT2D eigenvalue weighted by Gasteiger charge is -2.19. The van der Waals surface area contributed by atoms with Crippen LogP contribution in [0.2, 0.25) is 0 Å². The number of carbonyl (C=O) groups excluding carboxylic acids is 3. The molecule has 0 spiro atoms. The smallest absolute Gasteiger partial charge is 0.256 e. The Hall–Kier alpha value is -3.93. The van der Waals surface area contributed by atoms with Gasteiger partial charge in [-0.05, 0) is 48.4 Å². The largest absolute Gasteiger partial charge is 0.337 e. The van der Waals surface area contributed by atoms with Gasteiger partial charge >= 0.3 is 0 Å². The average molecular weight is 430 g/mol. The van der Waals surface area contributed by atoms with Crippen LogP contribution in [-0.2, 0) is 11.3 Å². The Kier molecular flexibility index (Phi) is 7.75. The van der Waals surface area contributed by atoms with E-state index in [9.17, 15) is 14.4 Å². The van der Waals surface area contributed by atoms with Gasteiger partial charge in [-0.1, -0.05) is 49.4 Å². The lowest BCUT2D eigenvalue weighted by atomic mass is 10.1. The van der Waals surface area contributed by atoms with Crippen molar-refractivity contribution in [1.29, 1.82) is 0 Å². The van der Waals surface area contributed by atoms with Crippen LogP contribution in [-0.4, -0.2) is 29.7 Å². The number of amides is 3. The molecule has 6 nitrogen and oxygen atoms in total. The molecule has 3 amide bonds. The summed E-state index contributed by atoms with van der Waals surface area (Å²) in [5.74, 6) is -0.571. The van der Waals surface area contributed by atoms with Crippen molar-refractivity contribution in [2.45, 2.75) is 26.3 Å². The highest BCUT2D eigenvalue weighted by Gasteiger charge is 2.18. The van der Waals surface area contributed by atoms with Crippen LogP contribution in [0.25, 0.3) is 0 Å². The first-order chi connectivity index (χ1) is 15.5. The normalized spacial score (nSPS) is 10.3. The van der Waals surface area contributed by atoms with Gasteiger partial charge in [0.2, 0.25) is 5.91 Å². The van der Waals surface area contributed by atoms with Gasteiger partial charge in [0.25, 0.3) is 11.8 Å². The SMILES string of the molecule is CCCC(=O)Nc1ccc(C(=O)Nc2ccccc2C(=O)N(C)Cc2ccccc2)cc1. The molecule has 0 radical (unpaired) electrons. The first kappa shape index (κ1) is 22.7. The summed E-state index contributed by atoms with van der Waals surface area (Å²) >= 11 is 0. The standard InChI is InChI=1S/C26H27N3O3/c1-3-9-24(30)27-21-16-14-20(15-17-21)25(31)28-23-13-8-7-12-22(23)26(32)29(2)18-19-10-5-4-6-11-19/h4-8,10-17H,3,9,18H2,1-2H3,(H,27,30)(H,28,31). The zero-order chi connectivity index (χ0) is 22.9. The fourth-order valence-corrected chi connectivity index (χ4v) is 3.26. The molecule has 3 aromatic carbocycles. The second-order valence-electron chi connectivity index (χ2n) is 7.52. The molecule has 164 valence electrons. The van der Waals surface area contributed by atoms with E-state index in [4.69, 9.17) is 0 Å². The van der Waals surface area contributed by atoms with Crippen molar-refractivity contribution in [3.8, 4) is 0 Å². The molecule has 0 aliphatic carbocycles. The Morgan fingerprint density at radius 3 is 2.16 bits per heavy atom. The molecule has 0 aromatic heterocycles. The molecule has 6 heteroatoms. The highest BCUT2D eigenvalue weighted by Crippen LogP contribution is 2.20. The molecule has 0 bridgehead atoms. The number of benzene rings is 3. The second kappa shape index (κ2) is 10.9. The first-order valence-corrected chi connectivity index (χ1v) is 10.6. The van der Waals surface area contributed by atoms with Crippen molar-refractivity contribution >= 4 is 29.1 Å². The Labute approximate surface area is 188 Å². The number of para-hydroxylation sites is 1. The number of hydrogen-bond acceptors (Lipinski definition) is 3. The number of anilines is 2. The molecular formula is C26H27N3O3. The monoisotopic (exact) mass is 429 g/mol. The molecule has 0 heterocycles. The van der Waals surface area contributed by atoms with E-state index in [0.717, 1.165) is 12.0 Å². The van der Waals surface area contributed by atoms with Gasteiger partial charge in [0.05, 0.1) is 11.3 Å². The maximum absolute atomic E-state index is 13.0. The first-order valence-electron chi connectivity index (χ1n) is 10.6.